The standard InChI is InChI=1S/C12H17N3O3/c1-15-5-3-2-4-9(15)8-18-11-7-13-10(6-14-11)12(16)17/h6-7,9H,2-5,8H2,1H3,(H,16,17). The molecule has 0 radical (unpaired) electrons. The van der Waals surface area contributed by atoms with E-state index < -0.39 is 5.97 Å². The first-order valence-electron chi connectivity index (χ1n) is 6.05. The van der Waals surface area contributed by atoms with Crippen molar-refractivity contribution in [1.29, 1.82) is 0 Å². The van der Waals surface area contributed by atoms with Crippen LogP contribution < -0.4 is 4.74 Å². The Balaban J connectivity index is 1.87. The molecule has 6 nitrogen and oxygen atoms in total. The summed E-state index contributed by atoms with van der Waals surface area (Å²) in [6.07, 6.45) is 6.15. The van der Waals surface area contributed by atoms with Gasteiger partial charge in [0.2, 0.25) is 5.88 Å². The maximum absolute atomic E-state index is 10.6. The molecule has 1 unspecified atom stereocenters. The molecule has 18 heavy (non-hydrogen) atoms. The summed E-state index contributed by atoms with van der Waals surface area (Å²) >= 11 is 0. The summed E-state index contributed by atoms with van der Waals surface area (Å²) in [5.41, 5.74) is -0.0721. The average Bonchev–Trinajstić information content (AvgIpc) is 2.38. The van der Waals surface area contributed by atoms with Crippen LogP contribution in [0.3, 0.4) is 0 Å². The van der Waals surface area contributed by atoms with E-state index in [9.17, 15) is 4.79 Å². The van der Waals surface area contributed by atoms with E-state index in [0.29, 0.717) is 18.5 Å². The predicted octanol–water partition coefficient (Wildman–Crippen LogP) is 1.04. The summed E-state index contributed by atoms with van der Waals surface area (Å²) in [6, 6.07) is 0.403. The van der Waals surface area contributed by atoms with Crippen molar-refractivity contribution in [2.75, 3.05) is 20.2 Å². The average molecular weight is 251 g/mol. The Kier molecular flexibility index (Phi) is 4.09. The molecule has 98 valence electrons. The van der Waals surface area contributed by atoms with Crippen LogP contribution in [0.25, 0.3) is 0 Å². The highest BCUT2D eigenvalue weighted by Crippen LogP contribution is 2.16. The zero-order valence-electron chi connectivity index (χ0n) is 10.4. The second kappa shape index (κ2) is 5.77. The molecule has 1 aromatic heterocycles. The van der Waals surface area contributed by atoms with Crippen LogP contribution in [0.5, 0.6) is 5.88 Å². The Morgan fingerprint density at radius 1 is 1.50 bits per heavy atom. The Morgan fingerprint density at radius 3 is 2.94 bits per heavy atom. The van der Waals surface area contributed by atoms with Crippen LogP contribution in [-0.2, 0) is 0 Å². The fraction of sp³-hybridized carbons (Fsp3) is 0.583. The van der Waals surface area contributed by atoms with Gasteiger partial charge in [-0.1, -0.05) is 6.42 Å². The largest absolute Gasteiger partial charge is 0.476 e. The third kappa shape index (κ3) is 3.16. The van der Waals surface area contributed by atoms with Crippen molar-refractivity contribution in [3.05, 3.63) is 18.1 Å². The van der Waals surface area contributed by atoms with E-state index in [1.807, 2.05) is 0 Å². The molecule has 2 rings (SSSR count). The monoisotopic (exact) mass is 251 g/mol. The number of piperidine rings is 1. The van der Waals surface area contributed by atoms with Crippen LogP contribution in [0.15, 0.2) is 12.4 Å². The second-order valence-electron chi connectivity index (χ2n) is 4.49. The van der Waals surface area contributed by atoms with Gasteiger partial charge >= 0.3 is 5.97 Å². The van der Waals surface area contributed by atoms with E-state index in [0.717, 1.165) is 13.0 Å². The summed E-state index contributed by atoms with van der Waals surface area (Å²) < 4.78 is 5.54. The summed E-state index contributed by atoms with van der Waals surface area (Å²) in [7, 11) is 2.09. The third-order valence-electron chi connectivity index (χ3n) is 3.19. The molecule has 0 bridgehead atoms. The van der Waals surface area contributed by atoms with Crippen molar-refractivity contribution in [3.63, 3.8) is 0 Å². The number of carboxylic acid groups (broad SMARTS) is 1. The zero-order valence-corrected chi connectivity index (χ0v) is 10.4. The minimum absolute atomic E-state index is 0.0721. The van der Waals surface area contributed by atoms with Gasteiger partial charge in [-0.3, -0.25) is 0 Å². The highest BCUT2D eigenvalue weighted by atomic mass is 16.5. The first-order valence-corrected chi connectivity index (χ1v) is 6.05. The van der Waals surface area contributed by atoms with Crippen LogP contribution >= 0.6 is 0 Å². The molecule has 0 saturated carbocycles. The van der Waals surface area contributed by atoms with Crippen LogP contribution in [0.1, 0.15) is 29.8 Å². The molecule has 1 saturated heterocycles. The van der Waals surface area contributed by atoms with E-state index in [-0.39, 0.29) is 5.69 Å². The van der Waals surface area contributed by atoms with Gasteiger partial charge in [0.05, 0.1) is 12.4 Å². The van der Waals surface area contributed by atoms with Crippen molar-refractivity contribution in [2.45, 2.75) is 25.3 Å². The highest BCUT2D eigenvalue weighted by Gasteiger charge is 2.19. The molecule has 6 heteroatoms. The van der Waals surface area contributed by atoms with E-state index in [2.05, 4.69) is 21.9 Å². The Bertz CT molecular complexity index is 408. The van der Waals surface area contributed by atoms with Crippen LogP contribution in [0.2, 0.25) is 0 Å². The fourth-order valence-electron chi connectivity index (χ4n) is 2.04. The van der Waals surface area contributed by atoms with Gasteiger partial charge in [0.25, 0.3) is 0 Å². The third-order valence-corrected chi connectivity index (χ3v) is 3.19. The lowest BCUT2D eigenvalue weighted by molar-refractivity contribution is 0.0689. The molecular formula is C12H17N3O3. The number of aromatic carboxylic acids is 1. The molecule has 1 N–H and O–H groups in total. The number of nitrogens with zero attached hydrogens (tertiary/aromatic N) is 3. The van der Waals surface area contributed by atoms with Crippen molar-refractivity contribution in [3.8, 4) is 5.88 Å². The lowest BCUT2D eigenvalue weighted by Gasteiger charge is -2.31. The van der Waals surface area contributed by atoms with Crippen LogP contribution in [-0.4, -0.2) is 52.2 Å². The van der Waals surface area contributed by atoms with E-state index in [1.165, 1.54) is 25.2 Å². The minimum Gasteiger partial charge on any atom is -0.476 e. The SMILES string of the molecule is CN1CCCCC1COc1cnc(C(=O)O)cn1. The molecule has 0 spiro atoms. The molecule has 2 heterocycles. The van der Waals surface area contributed by atoms with Gasteiger partial charge in [0.1, 0.15) is 6.61 Å². The molecule has 1 fully saturated rings. The van der Waals surface area contributed by atoms with Crippen LogP contribution in [0, 0.1) is 0 Å². The second-order valence-corrected chi connectivity index (χ2v) is 4.49. The zero-order chi connectivity index (χ0) is 13.0. The van der Waals surface area contributed by atoms with Crippen molar-refractivity contribution >= 4 is 5.97 Å². The smallest absolute Gasteiger partial charge is 0.356 e. The van der Waals surface area contributed by atoms with E-state index in [4.69, 9.17) is 9.84 Å². The van der Waals surface area contributed by atoms with Crippen molar-refractivity contribution in [1.82, 2.24) is 14.9 Å². The first kappa shape index (κ1) is 12.8. The van der Waals surface area contributed by atoms with Gasteiger partial charge in [-0.25, -0.2) is 14.8 Å². The summed E-state index contributed by atoms with van der Waals surface area (Å²) in [5.74, 6) is -0.708. The lowest BCUT2D eigenvalue weighted by atomic mass is 10.0. The van der Waals surface area contributed by atoms with Crippen LogP contribution in [0.4, 0.5) is 0 Å². The maximum Gasteiger partial charge on any atom is 0.356 e. The number of aromatic nitrogens is 2. The molecule has 0 aliphatic carbocycles. The van der Waals surface area contributed by atoms with Gasteiger partial charge in [-0.15, -0.1) is 0 Å². The highest BCUT2D eigenvalue weighted by molar-refractivity contribution is 5.84. The number of carboxylic acids is 1. The molecular weight excluding hydrogens is 234 g/mol. The topological polar surface area (TPSA) is 75.5 Å². The Labute approximate surface area is 106 Å². The molecule has 0 aromatic carbocycles. The molecule has 1 atom stereocenters. The lowest BCUT2D eigenvalue weighted by Crippen LogP contribution is -2.40. The molecule has 1 aromatic rings. The van der Waals surface area contributed by atoms with Gasteiger partial charge in [-0.05, 0) is 26.4 Å². The summed E-state index contributed by atoms with van der Waals surface area (Å²) in [5, 5.41) is 8.69. The molecule has 0 amide bonds. The predicted molar refractivity (Wildman–Crippen MR) is 64.8 cm³/mol. The number of rotatable bonds is 4. The van der Waals surface area contributed by atoms with Gasteiger partial charge in [0.15, 0.2) is 5.69 Å². The summed E-state index contributed by atoms with van der Waals surface area (Å²) in [6.45, 7) is 1.66. The number of likely N-dealkylation sites (tertiary alicyclic amines) is 1. The minimum atomic E-state index is -1.08. The molecule has 1 aliphatic rings. The fourth-order valence-corrected chi connectivity index (χ4v) is 2.04. The quantitative estimate of drug-likeness (QED) is 0.861. The van der Waals surface area contributed by atoms with Gasteiger partial charge < -0.3 is 14.7 Å². The molecule has 1 aliphatic heterocycles. The normalized spacial score (nSPS) is 20.6. The number of hydrogen-bond donors (Lipinski definition) is 1. The maximum atomic E-state index is 10.6. The number of ether oxygens (including phenoxy) is 1. The summed E-state index contributed by atoms with van der Waals surface area (Å²) in [4.78, 5) is 20.6. The van der Waals surface area contributed by atoms with Gasteiger partial charge in [0, 0.05) is 6.04 Å². The van der Waals surface area contributed by atoms with E-state index >= 15 is 0 Å². The van der Waals surface area contributed by atoms with Crippen molar-refractivity contribution in [2.24, 2.45) is 0 Å². The number of carbonyl (C=O) groups is 1. The van der Waals surface area contributed by atoms with E-state index in [1.54, 1.807) is 0 Å². The Hall–Kier alpha value is -1.69. The first-order chi connectivity index (χ1) is 8.66. The number of likely N-dealkylation sites (N-methyl/N-ethyl adjacent to an activating group) is 1. The van der Waals surface area contributed by atoms with Crippen molar-refractivity contribution < 1.29 is 14.6 Å². The Morgan fingerprint density at radius 2 is 2.33 bits per heavy atom. The van der Waals surface area contributed by atoms with Gasteiger partial charge in [-0.2, -0.15) is 0 Å². The number of hydrogen-bond acceptors (Lipinski definition) is 5.